The van der Waals surface area contributed by atoms with E-state index in [9.17, 15) is 18.0 Å². The molecule has 3 rings (SSSR count). The van der Waals surface area contributed by atoms with E-state index in [1.807, 2.05) is 35.8 Å². The van der Waals surface area contributed by atoms with Crippen molar-refractivity contribution in [2.45, 2.75) is 24.8 Å². The Morgan fingerprint density at radius 1 is 1.22 bits per heavy atom. The van der Waals surface area contributed by atoms with Crippen molar-refractivity contribution < 1.29 is 22.7 Å². The Hall–Kier alpha value is -2.56. The van der Waals surface area contributed by atoms with Crippen LogP contribution in [0.2, 0.25) is 5.02 Å². The molecule has 11 heteroatoms. The molecule has 0 unspecified atom stereocenters. The number of hydrogen-bond donors (Lipinski definition) is 1. The lowest BCUT2D eigenvalue weighted by Crippen LogP contribution is -2.18. The summed E-state index contributed by atoms with van der Waals surface area (Å²) in [6, 6.07) is 10.9. The van der Waals surface area contributed by atoms with Gasteiger partial charge in [-0.2, -0.15) is 13.2 Å². The molecule has 170 valence electrons. The number of alkyl halides is 3. The van der Waals surface area contributed by atoms with Gasteiger partial charge < -0.3 is 10.1 Å². The second kappa shape index (κ2) is 10.4. The van der Waals surface area contributed by atoms with Crippen LogP contribution in [0.3, 0.4) is 0 Å². The van der Waals surface area contributed by atoms with Gasteiger partial charge >= 0.3 is 6.18 Å². The molecule has 0 saturated carbocycles. The number of carbonyl (C=O) groups excluding carboxylic acids is 1. The molecule has 1 amide bonds. The molecule has 0 atom stereocenters. The van der Waals surface area contributed by atoms with Crippen LogP contribution in [0.15, 0.2) is 47.6 Å². The van der Waals surface area contributed by atoms with Crippen molar-refractivity contribution in [1.29, 1.82) is 0 Å². The van der Waals surface area contributed by atoms with Gasteiger partial charge in [-0.25, -0.2) is 0 Å². The van der Waals surface area contributed by atoms with E-state index in [0.717, 1.165) is 35.0 Å². The molecule has 3 aromatic rings. The summed E-state index contributed by atoms with van der Waals surface area (Å²) in [4.78, 5) is 12.4. The number of aromatic nitrogens is 3. The van der Waals surface area contributed by atoms with Crippen LogP contribution in [0.5, 0.6) is 0 Å². The third kappa shape index (κ3) is 6.02. The molecule has 1 N–H and O–H groups in total. The Bertz CT molecular complexity index is 1100. The van der Waals surface area contributed by atoms with Gasteiger partial charge in [0.25, 0.3) is 0 Å². The highest BCUT2D eigenvalue weighted by Gasteiger charge is 2.34. The average molecular weight is 485 g/mol. The highest BCUT2D eigenvalue weighted by molar-refractivity contribution is 7.99. The Balaban J connectivity index is 1.76. The molecule has 1 heterocycles. The van der Waals surface area contributed by atoms with Gasteiger partial charge in [-0.15, -0.1) is 10.2 Å². The van der Waals surface area contributed by atoms with Crippen LogP contribution in [0.25, 0.3) is 11.4 Å². The van der Waals surface area contributed by atoms with Crippen LogP contribution in [0.4, 0.5) is 18.9 Å². The number of rotatable bonds is 8. The maximum absolute atomic E-state index is 13.2. The van der Waals surface area contributed by atoms with Gasteiger partial charge in [0.2, 0.25) is 5.91 Å². The Morgan fingerprint density at radius 3 is 2.69 bits per heavy atom. The van der Waals surface area contributed by atoms with Crippen molar-refractivity contribution in [3.05, 3.63) is 58.6 Å². The maximum atomic E-state index is 13.2. The van der Waals surface area contributed by atoms with Crippen LogP contribution in [0, 0.1) is 6.92 Å². The van der Waals surface area contributed by atoms with Crippen LogP contribution >= 0.6 is 23.4 Å². The zero-order valence-corrected chi connectivity index (χ0v) is 18.8. The van der Waals surface area contributed by atoms with E-state index >= 15 is 0 Å². The second-order valence-electron chi connectivity index (χ2n) is 6.84. The van der Waals surface area contributed by atoms with Crippen molar-refractivity contribution in [3.63, 3.8) is 0 Å². The van der Waals surface area contributed by atoms with Crippen LogP contribution < -0.4 is 5.32 Å². The molecule has 0 aliphatic rings. The van der Waals surface area contributed by atoms with Gasteiger partial charge in [0, 0.05) is 17.7 Å². The zero-order chi connectivity index (χ0) is 23.3. The molecule has 0 aliphatic heterocycles. The van der Waals surface area contributed by atoms with E-state index in [1.54, 1.807) is 7.11 Å². The molecule has 0 saturated heterocycles. The first-order chi connectivity index (χ1) is 15.2. The molecule has 6 nitrogen and oxygen atoms in total. The van der Waals surface area contributed by atoms with Crippen molar-refractivity contribution >= 4 is 35.0 Å². The fraction of sp³-hybridized carbons (Fsp3) is 0.286. The van der Waals surface area contributed by atoms with Crippen LogP contribution in [0.1, 0.15) is 11.1 Å². The number of aryl methyl sites for hydroxylation is 1. The lowest BCUT2D eigenvalue weighted by molar-refractivity contribution is -0.137. The van der Waals surface area contributed by atoms with Gasteiger partial charge in [-0.3, -0.25) is 9.36 Å². The van der Waals surface area contributed by atoms with Gasteiger partial charge in [0.1, 0.15) is 0 Å². The number of nitrogens with zero attached hydrogens (tertiary/aromatic N) is 3. The number of nitrogens with one attached hydrogen (secondary N) is 1. The number of ether oxygens (including phenoxy) is 1. The summed E-state index contributed by atoms with van der Waals surface area (Å²) >= 11 is 6.75. The minimum atomic E-state index is -4.65. The monoisotopic (exact) mass is 484 g/mol. The molecule has 32 heavy (non-hydrogen) atoms. The molecule has 0 aliphatic carbocycles. The number of methoxy groups -OCH3 is 1. The molecule has 0 radical (unpaired) electrons. The lowest BCUT2D eigenvalue weighted by Gasteiger charge is -2.14. The fourth-order valence-corrected chi connectivity index (χ4v) is 3.89. The molecule has 2 aromatic carbocycles. The smallest absolute Gasteiger partial charge is 0.383 e. The number of thioether (sulfide) groups is 1. The first-order valence-corrected chi connectivity index (χ1v) is 10.8. The maximum Gasteiger partial charge on any atom is 0.418 e. The number of carbonyl (C=O) groups is 1. The number of hydrogen-bond acceptors (Lipinski definition) is 5. The average Bonchev–Trinajstić information content (AvgIpc) is 3.14. The normalized spacial score (nSPS) is 11.6. The minimum Gasteiger partial charge on any atom is -0.383 e. The number of amides is 1. The van der Waals surface area contributed by atoms with Crippen LogP contribution in [-0.2, 0) is 22.3 Å². The highest BCUT2D eigenvalue weighted by atomic mass is 35.5. The highest BCUT2D eigenvalue weighted by Crippen LogP contribution is 2.36. The fourth-order valence-electron chi connectivity index (χ4n) is 2.95. The van der Waals surface area contributed by atoms with E-state index in [-0.39, 0.29) is 16.5 Å². The first kappa shape index (κ1) is 24.1. The molecule has 0 fully saturated rings. The van der Waals surface area contributed by atoms with Crippen molar-refractivity contribution in [1.82, 2.24) is 14.8 Å². The Kier molecular flexibility index (Phi) is 7.81. The lowest BCUT2D eigenvalue weighted by atomic mass is 10.1. The minimum absolute atomic E-state index is 0.0698. The second-order valence-corrected chi connectivity index (χ2v) is 8.22. The first-order valence-electron chi connectivity index (χ1n) is 9.47. The van der Waals surface area contributed by atoms with E-state index < -0.39 is 17.6 Å². The van der Waals surface area contributed by atoms with Gasteiger partial charge in [-0.05, 0) is 31.2 Å². The topological polar surface area (TPSA) is 69.0 Å². The molecular weight excluding hydrogens is 465 g/mol. The zero-order valence-electron chi connectivity index (χ0n) is 17.2. The quantitative estimate of drug-likeness (QED) is 0.439. The summed E-state index contributed by atoms with van der Waals surface area (Å²) in [7, 11) is 1.57. The Morgan fingerprint density at radius 2 is 2.00 bits per heavy atom. The standard InChI is InChI=1S/C21H20ClF3N4O2S/c1-13-4-3-5-14(10-13)19-27-28-20(29(19)8-9-31-2)32-12-18(30)26-17-7-6-15(22)11-16(17)21(23,24)25/h3-7,10-11H,8-9,12H2,1-2H3,(H,26,30). The number of halogens is 4. The summed E-state index contributed by atoms with van der Waals surface area (Å²) in [6.45, 7) is 2.81. The van der Waals surface area contributed by atoms with Crippen molar-refractivity contribution in [2.24, 2.45) is 0 Å². The molecule has 0 spiro atoms. The summed E-state index contributed by atoms with van der Waals surface area (Å²) < 4.78 is 46.7. The van der Waals surface area contributed by atoms with Crippen molar-refractivity contribution in [2.75, 3.05) is 24.8 Å². The van der Waals surface area contributed by atoms with E-state index in [4.69, 9.17) is 16.3 Å². The van der Waals surface area contributed by atoms with E-state index in [1.165, 1.54) is 6.07 Å². The van der Waals surface area contributed by atoms with Gasteiger partial charge in [0.05, 0.1) is 30.2 Å². The predicted octanol–water partition coefficient (Wildman–Crippen LogP) is 5.30. The largest absolute Gasteiger partial charge is 0.418 e. The number of benzene rings is 2. The van der Waals surface area contributed by atoms with Crippen LogP contribution in [-0.4, -0.2) is 40.1 Å². The van der Waals surface area contributed by atoms with E-state index in [0.29, 0.717) is 24.1 Å². The summed E-state index contributed by atoms with van der Waals surface area (Å²) in [5.41, 5.74) is 0.559. The third-order valence-electron chi connectivity index (χ3n) is 4.41. The summed E-state index contributed by atoms with van der Waals surface area (Å²) in [5, 5.41) is 11.1. The summed E-state index contributed by atoms with van der Waals surface area (Å²) in [6.07, 6.45) is -4.65. The number of anilines is 1. The molecule has 0 bridgehead atoms. The predicted molar refractivity (Wildman–Crippen MR) is 118 cm³/mol. The Labute approximate surface area is 192 Å². The van der Waals surface area contributed by atoms with E-state index in [2.05, 4.69) is 15.5 Å². The molecular formula is C21H20ClF3N4O2S. The van der Waals surface area contributed by atoms with Crippen molar-refractivity contribution in [3.8, 4) is 11.4 Å². The molecule has 1 aromatic heterocycles. The third-order valence-corrected chi connectivity index (χ3v) is 5.61. The summed E-state index contributed by atoms with van der Waals surface area (Å²) in [5.74, 6) is -0.147. The SMILES string of the molecule is COCCn1c(SCC(=O)Nc2ccc(Cl)cc2C(F)(F)F)nnc1-c1cccc(C)c1. The van der Waals surface area contributed by atoms with Gasteiger partial charge in [-0.1, -0.05) is 47.1 Å². The van der Waals surface area contributed by atoms with Gasteiger partial charge in [0.15, 0.2) is 11.0 Å².